The fourth-order valence-electron chi connectivity index (χ4n) is 3.67. The molecule has 6 nitrogen and oxygen atoms in total. The number of carbonyl (C=O) groups excluding carboxylic acids is 1. The van der Waals surface area contributed by atoms with E-state index < -0.39 is 0 Å². The number of aromatic nitrogens is 3. The van der Waals surface area contributed by atoms with Gasteiger partial charge in [0.1, 0.15) is 11.3 Å². The lowest BCUT2D eigenvalue weighted by atomic mass is 10.1. The summed E-state index contributed by atoms with van der Waals surface area (Å²) < 4.78 is 7.78. The average molecular weight is 415 g/mol. The Kier molecular flexibility index (Phi) is 6.26. The van der Waals surface area contributed by atoms with Crippen LogP contribution < -0.4 is 10.1 Å². The minimum atomic E-state index is -0.0962. The van der Waals surface area contributed by atoms with Crippen molar-refractivity contribution in [2.75, 3.05) is 13.2 Å². The maximum Gasteiger partial charge on any atom is 0.255 e. The van der Waals surface area contributed by atoms with Gasteiger partial charge in [-0.2, -0.15) is 5.10 Å². The third-order valence-corrected chi connectivity index (χ3v) is 5.24. The molecule has 2 aromatic heterocycles. The second-order valence-electron chi connectivity index (χ2n) is 7.48. The number of amides is 1. The van der Waals surface area contributed by atoms with Gasteiger partial charge >= 0.3 is 0 Å². The van der Waals surface area contributed by atoms with Crippen molar-refractivity contribution < 1.29 is 9.53 Å². The maximum atomic E-state index is 12.7. The quantitative estimate of drug-likeness (QED) is 0.437. The Hall–Kier alpha value is -3.67. The number of para-hydroxylation sites is 1. The third-order valence-electron chi connectivity index (χ3n) is 5.24. The maximum absolute atomic E-state index is 12.7. The second-order valence-corrected chi connectivity index (χ2v) is 7.48. The Morgan fingerprint density at radius 2 is 1.84 bits per heavy atom. The summed E-state index contributed by atoms with van der Waals surface area (Å²) in [5.41, 5.74) is 4.27. The molecule has 1 N–H and O–H groups in total. The monoisotopic (exact) mass is 414 g/mol. The summed E-state index contributed by atoms with van der Waals surface area (Å²) in [4.78, 5) is 17.1. The van der Waals surface area contributed by atoms with Crippen LogP contribution >= 0.6 is 0 Å². The van der Waals surface area contributed by atoms with Gasteiger partial charge in [-0.1, -0.05) is 48.5 Å². The first-order chi connectivity index (χ1) is 15.1. The van der Waals surface area contributed by atoms with Gasteiger partial charge in [0.05, 0.1) is 24.4 Å². The molecule has 2 aromatic carbocycles. The molecule has 0 bridgehead atoms. The fraction of sp³-hybridized carbons (Fsp3) is 0.240. The van der Waals surface area contributed by atoms with E-state index in [9.17, 15) is 4.79 Å². The predicted octanol–water partition coefficient (Wildman–Crippen LogP) is 4.30. The van der Waals surface area contributed by atoms with Gasteiger partial charge in [-0.3, -0.25) is 14.5 Å². The normalized spacial score (nSPS) is 10.9. The van der Waals surface area contributed by atoms with Crippen LogP contribution in [0.25, 0.3) is 10.9 Å². The number of benzene rings is 2. The van der Waals surface area contributed by atoms with Gasteiger partial charge in [0.2, 0.25) is 0 Å². The number of aryl methyl sites for hydroxylation is 1. The van der Waals surface area contributed by atoms with Crippen LogP contribution in [0.15, 0.2) is 66.9 Å². The minimum absolute atomic E-state index is 0.0962. The number of fused-ring (bicyclic) bond motifs is 1. The lowest BCUT2D eigenvalue weighted by molar-refractivity contribution is 0.0950. The van der Waals surface area contributed by atoms with Crippen molar-refractivity contribution in [3.05, 3.63) is 89.4 Å². The molecule has 0 aliphatic rings. The number of rotatable bonds is 8. The van der Waals surface area contributed by atoms with Crippen molar-refractivity contribution in [3.63, 3.8) is 0 Å². The number of carbonyl (C=O) groups is 1. The topological polar surface area (TPSA) is 69.0 Å². The van der Waals surface area contributed by atoms with Crippen LogP contribution in [0.5, 0.6) is 5.75 Å². The van der Waals surface area contributed by atoms with Crippen molar-refractivity contribution in [1.29, 1.82) is 0 Å². The fourth-order valence-corrected chi connectivity index (χ4v) is 3.67. The molecule has 0 saturated heterocycles. The number of hydrogen-bond acceptors (Lipinski definition) is 4. The summed E-state index contributed by atoms with van der Waals surface area (Å²) in [6, 6.07) is 19.9. The molecule has 0 unspecified atom stereocenters. The number of nitrogens with one attached hydrogen (secondary N) is 1. The van der Waals surface area contributed by atoms with E-state index in [0.29, 0.717) is 31.7 Å². The zero-order valence-corrected chi connectivity index (χ0v) is 17.8. The minimum Gasteiger partial charge on any atom is -0.491 e. The van der Waals surface area contributed by atoms with Crippen molar-refractivity contribution in [2.45, 2.75) is 26.8 Å². The van der Waals surface area contributed by atoms with Crippen LogP contribution in [0.2, 0.25) is 0 Å². The summed E-state index contributed by atoms with van der Waals surface area (Å²) in [6.07, 6.45) is 2.46. The van der Waals surface area contributed by atoms with Gasteiger partial charge in [0.15, 0.2) is 0 Å². The van der Waals surface area contributed by atoms with E-state index >= 15 is 0 Å². The van der Waals surface area contributed by atoms with Crippen molar-refractivity contribution in [3.8, 4) is 5.75 Å². The molecule has 1 amide bonds. The summed E-state index contributed by atoms with van der Waals surface area (Å²) >= 11 is 0. The van der Waals surface area contributed by atoms with Crippen molar-refractivity contribution in [1.82, 2.24) is 20.1 Å². The summed E-state index contributed by atoms with van der Waals surface area (Å²) in [6.45, 7) is 5.49. The Balaban J connectivity index is 1.31. The van der Waals surface area contributed by atoms with E-state index in [1.807, 2.05) is 67.1 Å². The van der Waals surface area contributed by atoms with Crippen LogP contribution in [-0.2, 0) is 6.54 Å². The molecule has 4 aromatic rings. The molecule has 158 valence electrons. The summed E-state index contributed by atoms with van der Waals surface area (Å²) in [7, 11) is 0. The Bertz CT molecular complexity index is 1180. The van der Waals surface area contributed by atoms with Gasteiger partial charge < -0.3 is 10.1 Å². The number of pyridine rings is 1. The first kappa shape index (κ1) is 20.6. The highest BCUT2D eigenvalue weighted by molar-refractivity contribution is 5.96. The van der Waals surface area contributed by atoms with Crippen molar-refractivity contribution >= 4 is 16.8 Å². The van der Waals surface area contributed by atoms with Crippen LogP contribution in [0.4, 0.5) is 0 Å². The van der Waals surface area contributed by atoms with Gasteiger partial charge in [0, 0.05) is 23.8 Å². The Labute approximate surface area is 181 Å². The molecule has 31 heavy (non-hydrogen) atoms. The highest BCUT2D eigenvalue weighted by Gasteiger charge is 2.18. The Morgan fingerprint density at radius 1 is 1.03 bits per heavy atom. The molecule has 0 saturated carbocycles. The average Bonchev–Trinajstić information content (AvgIpc) is 3.07. The Morgan fingerprint density at radius 3 is 2.68 bits per heavy atom. The number of hydrogen-bond donors (Lipinski definition) is 1. The van der Waals surface area contributed by atoms with E-state index in [0.717, 1.165) is 33.6 Å². The largest absolute Gasteiger partial charge is 0.491 e. The lowest BCUT2D eigenvalue weighted by Crippen LogP contribution is -2.26. The predicted molar refractivity (Wildman–Crippen MR) is 121 cm³/mol. The van der Waals surface area contributed by atoms with Gasteiger partial charge in [0.25, 0.3) is 5.91 Å². The molecule has 0 fully saturated rings. The molecule has 4 rings (SSSR count). The van der Waals surface area contributed by atoms with Crippen LogP contribution in [0.3, 0.4) is 0 Å². The lowest BCUT2D eigenvalue weighted by Gasteiger charge is -2.10. The van der Waals surface area contributed by atoms with Crippen LogP contribution in [0, 0.1) is 13.8 Å². The van der Waals surface area contributed by atoms with Crippen LogP contribution in [-0.4, -0.2) is 33.8 Å². The molecule has 0 aliphatic heterocycles. The zero-order valence-electron chi connectivity index (χ0n) is 17.8. The SMILES string of the molecule is Cc1nn(Cc2ccccc2)c(C)c1C(=O)NCCCOc1cccc2cccnc12. The molecule has 0 aliphatic carbocycles. The molecular formula is C25H26N4O2. The van der Waals surface area contributed by atoms with Gasteiger partial charge in [-0.15, -0.1) is 0 Å². The summed E-state index contributed by atoms with van der Waals surface area (Å²) in [5.74, 6) is 0.666. The highest BCUT2D eigenvalue weighted by Crippen LogP contribution is 2.23. The van der Waals surface area contributed by atoms with Crippen molar-refractivity contribution in [2.24, 2.45) is 0 Å². The van der Waals surface area contributed by atoms with Crippen LogP contribution in [0.1, 0.15) is 33.7 Å². The van der Waals surface area contributed by atoms with E-state index in [-0.39, 0.29) is 5.91 Å². The molecule has 2 heterocycles. The third kappa shape index (κ3) is 4.74. The molecule has 0 radical (unpaired) electrons. The number of ether oxygens (including phenoxy) is 1. The zero-order chi connectivity index (χ0) is 21.6. The standard InChI is InChI=1S/C25H26N4O2/c1-18-23(19(2)29(28-18)17-20-9-4-3-5-10-20)25(30)27-15-8-16-31-22-13-6-11-21-12-7-14-26-24(21)22/h3-7,9-14H,8,15-17H2,1-2H3,(H,27,30). The number of nitrogens with zero attached hydrogens (tertiary/aromatic N) is 3. The van der Waals surface area contributed by atoms with Gasteiger partial charge in [-0.05, 0) is 38.0 Å². The molecule has 0 spiro atoms. The van der Waals surface area contributed by atoms with Gasteiger partial charge in [-0.25, -0.2) is 0 Å². The smallest absolute Gasteiger partial charge is 0.255 e. The van der Waals surface area contributed by atoms with E-state index in [1.54, 1.807) is 6.20 Å². The molecule has 6 heteroatoms. The molecular weight excluding hydrogens is 388 g/mol. The highest BCUT2D eigenvalue weighted by atomic mass is 16.5. The second kappa shape index (κ2) is 9.43. The van der Waals surface area contributed by atoms with E-state index in [1.165, 1.54) is 0 Å². The summed E-state index contributed by atoms with van der Waals surface area (Å²) in [5, 5.41) is 8.61. The van der Waals surface area contributed by atoms with E-state index in [4.69, 9.17) is 4.74 Å². The first-order valence-corrected chi connectivity index (χ1v) is 10.5. The van der Waals surface area contributed by atoms with E-state index in [2.05, 4.69) is 27.5 Å². The first-order valence-electron chi connectivity index (χ1n) is 10.5. The molecule has 0 atom stereocenters.